The molecular formula is C14H20INO3. The predicted molar refractivity (Wildman–Crippen MR) is 83.1 cm³/mol. The second kappa shape index (κ2) is 9.14. The Hall–Kier alpha value is -0.820. The van der Waals surface area contributed by atoms with Crippen molar-refractivity contribution >= 4 is 28.5 Å². The number of carbonyl (C=O) groups is 1. The molecule has 1 aromatic rings. The van der Waals surface area contributed by atoms with Crippen LogP contribution >= 0.6 is 22.6 Å². The van der Waals surface area contributed by atoms with Crippen LogP contribution < -0.4 is 10.1 Å². The first-order valence-electron chi connectivity index (χ1n) is 6.41. The molecule has 0 fully saturated rings. The molecule has 0 aliphatic rings. The van der Waals surface area contributed by atoms with Crippen LogP contribution in [-0.2, 0) is 4.79 Å². The Bertz CT molecular complexity index is 381. The number of halogens is 1. The van der Waals surface area contributed by atoms with E-state index in [0.29, 0.717) is 18.2 Å². The zero-order valence-corrected chi connectivity index (χ0v) is 13.2. The van der Waals surface area contributed by atoms with Crippen molar-refractivity contribution in [1.29, 1.82) is 0 Å². The zero-order chi connectivity index (χ0) is 14.1. The number of carbonyl (C=O) groups excluding carboxylic acids is 1. The molecule has 1 unspecified atom stereocenters. The van der Waals surface area contributed by atoms with E-state index in [-0.39, 0.29) is 19.1 Å². The third kappa shape index (κ3) is 6.77. The third-order valence-electron chi connectivity index (χ3n) is 2.89. The van der Waals surface area contributed by atoms with Crippen molar-refractivity contribution in [3.8, 4) is 5.75 Å². The van der Waals surface area contributed by atoms with Crippen molar-refractivity contribution in [3.05, 3.63) is 27.8 Å². The quantitative estimate of drug-likeness (QED) is 0.683. The van der Waals surface area contributed by atoms with Gasteiger partial charge in [-0.15, -0.1) is 0 Å². The Morgan fingerprint density at radius 3 is 2.68 bits per heavy atom. The number of hydrogen-bond donors (Lipinski definition) is 2. The van der Waals surface area contributed by atoms with Gasteiger partial charge in [0.1, 0.15) is 5.75 Å². The summed E-state index contributed by atoms with van der Waals surface area (Å²) in [4.78, 5) is 11.6. The molecule has 0 heterocycles. The first-order chi connectivity index (χ1) is 9.15. The molecule has 0 saturated heterocycles. The van der Waals surface area contributed by atoms with E-state index in [9.17, 15) is 4.79 Å². The summed E-state index contributed by atoms with van der Waals surface area (Å²) in [5.74, 6) is 0.889. The molecule has 0 bridgehead atoms. The van der Waals surface area contributed by atoms with Crippen LogP contribution in [0, 0.1) is 9.49 Å². The van der Waals surface area contributed by atoms with Crippen molar-refractivity contribution in [2.45, 2.75) is 19.8 Å². The highest BCUT2D eigenvalue weighted by atomic mass is 127. The van der Waals surface area contributed by atoms with E-state index >= 15 is 0 Å². The topological polar surface area (TPSA) is 58.6 Å². The summed E-state index contributed by atoms with van der Waals surface area (Å²) in [5, 5.41) is 11.7. The lowest BCUT2D eigenvalue weighted by molar-refractivity contribution is -0.123. The second-order valence-electron chi connectivity index (χ2n) is 4.33. The van der Waals surface area contributed by atoms with Gasteiger partial charge in [-0.3, -0.25) is 4.79 Å². The van der Waals surface area contributed by atoms with Gasteiger partial charge < -0.3 is 15.2 Å². The second-order valence-corrected chi connectivity index (χ2v) is 5.58. The molecule has 1 aromatic carbocycles. The van der Waals surface area contributed by atoms with Crippen LogP contribution in [0.2, 0.25) is 0 Å². The minimum Gasteiger partial charge on any atom is -0.484 e. The number of amides is 1. The number of aliphatic hydroxyl groups excluding tert-OH is 1. The van der Waals surface area contributed by atoms with Crippen LogP contribution in [0.1, 0.15) is 19.8 Å². The van der Waals surface area contributed by atoms with Gasteiger partial charge in [-0.25, -0.2) is 0 Å². The summed E-state index contributed by atoms with van der Waals surface area (Å²) >= 11 is 2.22. The first kappa shape index (κ1) is 16.2. The van der Waals surface area contributed by atoms with Crippen LogP contribution in [0.4, 0.5) is 0 Å². The van der Waals surface area contributed by atoms with Gasteiger partial charge in [0.15, 0.2) is 6.61 Å². The molecule has 1 rings (SSSR count). The van der Waals surface area contributed by atoms with Crippen LogP contribution in [0.15, 0.2) is 24.3 Å². The smallest absolute Gasteiger partial charge is 0.257 e. The first-order valence-corrected chi connectivity index (χ1v) is 7.49. The Kier molecular flexibility index (Phi) is 7.81. The molecule has 5 heteroatoms. The Balaban J connectivity index is 2.25. The van der Waals surface area contributed by atoms with E-state index in [1.54, 1.807) is 0 Å². The molecule has 106 valence electrons. The zero-order valence-electron chi connectivity index (χ0n) is 11.1. The molecular weight excluding hydrogens is 357 g/mol. The summed E-state index contributed by atoms with van der Waals surface area (Å²) in [6, 6.07) is 7.55. The van der Waals surface area contributed by atoms with Crippen LogP contribution in [0.5, 0.6) is 5.75 Å². The number of hydrogen-bond acceptors (Lipinski definition) is 3. The van der Waals surface area contributed by atoms with E-state index in [4.69, 9.17) is 9.84 Å². The highest BCUT2D eigenvalue weighted by Gasteiger charge is 2.08. The molecule has 0 saturated carbocycles. The lowest BCUT2D eigenvalue weighted by Crippen LogP contribution is -2.33. The number of aliphatic hydroxyl groups is 1. The minimum atomic E-state index is -0.130. The maximum atomic E-state index is 11.6. The van der Waals surface area contributed by atoms with Gasteiger partial charge in [0.2, 0.25) is 0 Å². The lowest BCUT2D eigenvalue weighted by Gasteiger charge is -2.14. The van der Waals surface area contributed by atoms with Gasteiger partial charge in [-0.2, -0.15) is 0 Å². The van der Waals surface area contributed by atoms with Gasteiger partial charge in [0.05, 0.1) is 0 Å². The van der Waals surface area contributed by atoms with Gasteiger partial charge in [0.25, 0.3) is 5.91 Å². The van der Waals surface area contributed by atoms with Crippen molar-refractivity contribution in [1.82, 2.24) is 5.32 Å². The van der Waals surface area contributed by atoms with Crippen LogP contribution in [0.25, 0.3) is 0 Å². The van der Waals surface area contributed by atoms with Gasteiger partial charge in [-0.05, 0) is 59.2 Å². The summed E-state index contributed by atoms with van der Waals surface area (Å²) in [7, 11) is 0. The summed E-state index contributed by atoms with van der Waals surface area (Å²) in [5.41, 5.74) is 0. The number of rotatable bonds is 8. The molecule has 1 atom stereocenters. The van der Waals surface area contributed by atoms with Gasteiger partial charge >= 0.3 is 0 Å². The Morgan fingerprint density at radius 1 is 1.42 bits per heavy atom. The van der Waals surface area contributed by atoms with Crippen molar-refractivity contribution < 1.29 is 14.6 Å². The monoisotopic (exact) mass is 377 g/mol. The van der Waals surface area contributed by atoms with E-state index in [1.165, 1.54) is 0 Å². The molecule has 0 aromatic heterocycles. The van der Waals surface area contributed by atoms with Crippen molar-refractivity contribution in [2.24, 2.45) is 5.92 Å². The SMILES string of the molecule is CCC(CCO)CNC(=O)COc1ccc(I)cc1. The Morgan fingerprint density at radius 2 is 2.11 bits per heavy atom. The van der Waals surface area contributed by atoms with Gasteiger partial charge in [-0.1, -0.05) is 13.3 Å². The normalized spacial score (nSPS) is 11.9. The number of nitrogens with one attached hydrogen (secondary N) is 1. The highest BCUT2D eigenvalue weighted by molar-refractivity contribution is 14.1. The molecule has 0 aliphatic carbocycles. The molecule has 19 heavy (non-hydrogen) atoms. The Labute approximate surface area is 127 Å². The molecule has 4 nitrogen and oxygen atoms in total. The van der Waals surface area contributed by atoms with Gasteiger partial charge in [0, 0.05) is 16.7 Å². The molecule has 1 amide bonds. The molecule has 2 N–H and O–H groups in total. The van der Waals surface area contributed by atoms with Crippen LogP contribution in [0.3, 0.4) is 0 Å². The molecule has 0 radical (unpaired) electrons. The summed E-state index contributed by atoms with van der Waals surface area (Å²) in [6.45, 7) is 2.82. The standard InChI is InChI=1S/C14H20INO3/c1-2-11(7-8-17)9-16-14(18)10-19-13-5-3-12(15)4-6-13/h3-6,11,17H,2,7-10H2,1H3,(H,16,18). The molecule has 0 spiro atoms. The summed E-state index contributed by atoms with van der Waals surface area (Å²) < 4.78 is 6.51. The fraction of sp³-hybridized carbons (Fsp3) is 0.500. The fourth-order valence-corrected chi connectivity index (χ4v) is 1.98. The van der Waals surface area contributed by atoms with Crippen molar-refractivity contribution in [2.75, 3.05) is 19.8 Å². The average molecular weight is 377 g/mol. The third-order valence-corrected chi connectivity index (χ3v) is 3.61. The predicted octanol–water partition coefficient (Wildman–Crippen LogP) is 2.19. The maximum Gasteiger partial charge on any atom is 0.257 e. The van der Waals surface area contributed by atoms with Crippen LogP contribution in [-0.4, -0.2) is 30.8 Å². The lowest BCUT2D eigenvalue weighted by atomic mass is 10.0. The minimum absolute atomic E-state index is 0.0240. The maximum absolute atomic E-state index is 11.6. The summed E-state index contributed by atoms with van der Waals surface area (Å²) in [6.07, 6.45) is 1.66. The number of benzene rings is 1. The van der Waals surface area contributed by atoms with E-state index in [1.807, 2.05) is 24.3 Å². The van der Waals surface area contributed by atoms with E-state index in [0.717, 1.165) is 16.4 Å². The van der Waals surface area contributed by atoms with Crippen molar-refractivity contribution in [3.63, 3.8) is 0 Å². The largest absolute Gasteiger partial charge is 0.484 e. The number of ether oxygens (including phenoxy) is 1. The fourth-order valence-electron chi connectivity index (χ4n) is 1.62. The highest BCUT2D eigenvalue weighted by Crippen LogP contribution is 2.13. The average Bonchev–Trinajstić information content (AvgIpc) is 2.42. The van der Waals surface area contributed by atoms with E-state index in [2.05, 4.69) is 34.8 Å². The molecule has 0 aliphatic heterocycles. The van der Waals surface area contributed by atoms with E-state index < -0.39 is 0 Å².